The van der Waals surface area contributed by atoms with Crippen molar-refractivity contribution in [3.05, 3.63) is 27.9 Å². The molecule has 0 spiro atoms. The number of hydrogen-bond donors (Lipinski definition) is 2. The molecule has 0 saturated heterocycles. The van der Waals surface area contributed by atoms with Crippen LogP contribution in [0, 0.1) is 11.8 Å². The molecular weight excluding hydrogens is 232 g/mol. The third-order valence-corrected chi connectivity index (χ3v) is 2.91. The van der Waals surface area contributed by atoms with Crippen LogP contribution < -0.4 is 5.56 Å². The highest BCUT2D eigenvalue weighted by Crippen LogP contribution is 2.22. The van der Waals surface area contributed by atoms with Crippen LogP contribution in [0.1, 0.15) is 51.3 Å². The Labute approximate surface area is 107 Å². The fraction of sp³-hybridized carbons (Fsp3) is 0.692. The number of H-pyrrole nitrogens is 1. The van der Waals surface area contributed by atoms with E-state index in [-0.39, 0.29) is 23.5 Å². The number of nitrogens with one attached hydrogen (secondary N) is 1. The molecule has 1 aromatic rings. The van der Waals surface area contributed by atoms with Gasteiger partial charge in [-0.3, -0.25) is 9.78 Å². The molecule has 102 valence electrons. The molecule has 5 nitrogen and oxygen atoms in total. The van der Waals surface area contributed by atoms with Crippen molar-refractivity contribution in [1.29, 1.82) is 0 Å². The summed E-state index contributed by atoms with van der Waals surface area (Å²) >= 11 is 0. The van der Waals surface area contributed by atoms with Gasteiger partial charge in [-0.15, -0.1) is 0 Å². The molecule has 2 atom stereocenters. The minimum atomic E-state index is -0.709. The first kappa shape index (κ1) is 14.9. The Hall–Kier alpha value is -1.20. The van der Waals surface area contributed by atoms with Gasteiger partial charge in [0, 0.05) is 13.3 Å². The smallest absolute Gasteiger partial charge is 0.272 e. The van der Waals surface area contributed by atoms with E-state index in [0.29, 0.717) is 11.4 Å². The Morgan fingerprint density at radius 2 is 1.89 bits per heavy atom. The second-order valence-corrected chi connectivity index (χ2v) is 5.14. The van der Waals surface area contributed by atoms with Gasteiger partial charge < -0.3 is 14.8 Å². The van der Waals surface area contributed by atoms with E-state index in [0.717, 1.165) is 0 Å². The lowest BCUT2D eigenvalue weighted by molar-refractivity contribution is 0.0594. The molecule has 1 rings (SSSR count). The molecule has 0 aliphatic rings. The molecule has 5 heteroatoms. The maximum Gasteiger partial charge on any atom is 0.272 e. The SMILES string of the molecule is COC(c1ncc(C(O)C(C)C)[nH]c1=O)C(C)C. The Kier molecular flexibility index (Phi) is 5.04. The van der Waals surface area contributed by atoms with E-state index in [1.165, 1.54) is 6.20 Å². The highest BCUT2D eigenvalue weighted by molar-refractivity contribution is 5.08. The van der Waals surface area contributed by atoms with Crippen LogP contribution in [0.4, 0.5) is 0 Å². The number of nitrogens with zero attached hydrogens (tertiary/aromatic N) is 1. The van der Waals surface area contributed by atoms with Crippen LogP contribution in [0.5, 0.6) is 0 Å². The van der Waals surface area contributed by atoms with E-state index in [1.807, 2.05) is 27.7 Å². The summed E-state index contributed by atoms with van der Waals surface area (Å²) in [5, 5.41) is 9.88. The van der Waals surface area contributed by atoms with Gasteiger partial charge in [0.25, 0.3) is 5.56 Å². The lowest BCUT2D eigenvalue weighted by atomic mass is 10.0. The van der Waals surface area contributed by atoms with Gasteiger partial charge in [0.15, 0.2) is 0 Å². The van der Waals surface area contributed by atoms with E-state index in [1.54, 1.807) is 7.11 Å². The highest BCUT2D eigenvalue weighted by atomic mass is 16.5. The molecule has 0 aliphatic carbocycles. The lowest BCUT2D eigenvalue weighted by Crippen LogP contribution is -2.25. The van der Waals surface area contributed by atoms with E-state index < -0.39 is 6.10 Å². The van der Waals surface area contributed by atoms with Gasteiger partial charge in [0.1, 0.15) is 11.8 Å². The first-order chi connectivity index (χ1) is 8.38. The summed E-state index contributed by atoms with van der Waals surface area (Å²) in [4.78, 5) is 18.8. The zero-order valence-corrected chi connectivity index (χ0v) is 11.6. The van der Waals surface area contributed by atoms with Crippen LogP contribution in [0.2, 0.25) is 0 Å². The van der Waals surface area contributed by atoms with Gasteiger partial charge in [-0.1, -0.05) is 27.7 Å². The predicted molar refractivity (Wildman–Crippen MR) is 69.2 cm³/mol. The van der Waals surface area contributed by atoms with Crippen molar-refractivity contribution >= 4 is 0 Å². The molecule has 0 saturated carbocycles. The monoisotopic (exact) mass is 254 g/mol. The number of ether oxygens (including phenoxy) is 1. The molecule has 0 bridgehead atoms. The molecule has 0 aliphatic heterocycles. The van der Waals surface area contributed by atoms with Crippen molar-refractivity contribution in [2.75, 3.05) is 7.11 Å². The zero-order valence-electron chi connectivity index (χ0n) is 11.6. The molecule has 2 N–H and O–H groups in total. The summed E-state index contributed by atoms with van der Waals surface area (Å²) < 4.78 is 5.28. The first-order valence-corrected chi connectivity index (χ1v) is 6.18. The van der Waals surface area contributed by atoms with E-state index in [2.05, 4.69) is 9.97 Å². The summed E-state index contributed by atoms with van der Waals surface area (Å²) in [5.74, 6) is 0.182. The summed E-state index contributed by atoms with van der Waals surface area (Å²) in [5.41, 5.74) is 0.498. The van der Waals surface area contributed by atoms with E-state index in [4.69, 9.17) is 4.74 Å². The molecule has 0 radical (unpaired) electrons. The molecule has 1 aromatic heterocycles. The first-order valence-electron chi connectivity index (χ1n) is 6.18. The van der Waals surface area contributed by atoms with E-state index in [9.17, 15) is 9.90 Å². The molecule has 2 unspecified atom stereocenters. The molecular formula is C13H22N2O3. The Balaban J connectivity index is 3.10. The molecule has 1 heterocycles. The van der Waals surface area contributed by atoms with E-state index >= 15 is 0 Å². The van der Waals surface area contributed by atoms with Crippen LogP contribution in [-0.2, 0) is 4.74 Å². The van der Waals surface area contributed by atoms with Crippen molar-refractivity contribution in [3.63, 3.8) is 0 Å². The standard InChI is InChI=1S/C13H22N2O3/c1-7(2)11(16)9-6-14-10(13(17)15-9)12(18-5)8(3)4/h6-8,11-12,16H,1-5H3,(H,15,17). The van der Waals surface area contributed by atoms with Crippen LogP contribution in [-0.4, -0.2) is 22.2 Å². The average molecular weight is 254 g/mol. The summed E-state index contributed by atoms with van der Waals surface area (Å²) in [6.45, 7) is 7.68. The number of aromatic amines is 1. The second kappa shape index (κ2) is 6.11. The topological polar surface area (TPSA) is 75.2 Å². The largest absolute Gasteiger partial charge is 0.387 e. The van der Waals surface area contributed by atoms with Crippen LogP contribution in [0.3, 0.4) is 0 Å². The average Bonchev–Trinajstić information content (AvgIpc) is 2.30. The molecule has 18 heavy (non-hydrogen) atoms. The maximum absolute atomic E-state index is 12.0. The number of aliphatic hydroxyl groups is 1. The van der Waals surface area contributed by atoms with Gasteiger partial charge in [-0.25, -0.2) is 0 Å². The Bertz CT molecular complexity index is 440. The van der Waals surface area contributed by atoms with Gasteiger partial charge in [-0.2, -0.15) is 0 Å². The Morgan fingerprint density at radius 1 is 1.28 bits per heavy atom. The number of aliphatic hydroxyl groups excluding tert-OH is 1. The molecule has 0 amide bonds. The fourth-order valence-corrected chi connectivity index (χ4v) is 1.84. The minimum Gasteiger partial charge on any atom is -0.387 e. The van der Waals surface area contributed by atoms with Crippen molar-refractivity contribution < 1.29 is 9.84 Å². The molecule has 0 aromatic carbocycles. The second-order valence-electron chi connectivity index (χ2n) is 5.14. The van der Waals surface area contributed by atoms with Crippen LogP contribution in [0.25, 0.3) is 0 Å². The minimum absolute atomic E-state index is 0.0246. The third-order valence-electron chi connectivity index (χ3n) is 2.91. The van der Waals surface area contributed by atoms with Gasteiger partial charge in [0.2, 0.25) is 0 Å². The summed E-state index contributed by atoms with van der Waals surface area (Å²) in [7, 11) is 1.56. The number of rotatable bonds is 5. The third kappa shape index (κ3) is 3.17. The van der Waals surface area contributed by atoms with Gasteiger partial charge in [-0.05, 0) is 11.8 Å². The number of methoxy groups -OCH3 is 1. The van der Waals surface area contributed by atoms with Crippen molar-refractivity contribution in [3.8, 4) is 0 Å². The zero-order chi connectivity index (χ0) is 13.9. The summed E-state index contributed by atoms with van der Waals surface area (Å²) in [6, 6.07) is 0. The highest BCUT2D eigenvalue weighted by Gasteiger charge is 2.21. The van der Waals surface area contributed by atoms with Gasteiger partial charge in [0.05, 0.1) is 11.8 Å². The normalized spacial score (nSPS) is 15.1. The maximum atomic E-state index is 12.0. The van der Waals surface area contributed by atoms with Crippen molar-refractivity contribution in [1.82, 2.24) is 9.97 Å². The van der Waals surface area contributed by atoms with Crippen molar-refractivity contribution in [2.24, 2.45) is 11.8 Å². The fourth-order valence-electron chi connectivity index (χ4n) is 1.84. The van der Waals surface area contributed by atoms with Crippen LogP contribution >= 0.6 is 0 Å². The predicted octanol–water partition coefficient (Wildman–Crippen LogP) is 1.80. The number of aromatic nitrogens is 2. The number of hydrogen-bond acceptors (Lipinski definition) is 4. The summed E-state index contributed by atoms with van der Waals surface area (Å²) in [6.07, 6.45) is 0.466. The van der Waals surface area contributed by atoms with Crippen LogP contribution in [0.15, 0.2) is 11.0 Å². The Morgan fingerprint density at radius 3 is 2.28 bits per heavy atom. The molecule has 0 fully saturated rings. The van der Waals surface area contributed by atoms with Gasteiger partial charge >= 0.3 is 0 Å². The lowest BCUT2D eigenvalue weighted by Gasteiger charge is -2.19. The van der Waals surface area contributed by atoms with Crippen molar-refractivity contribution in [2.45, 2.75) is 39.9 Å². The quantitative estimate of drug-likeness (QED) is 0.840.